The van der Waals surface area contributed by atoms with E-state index in [1.54, 1.807) is 0 Å². The van der Waals surface area contributed by atoms with Crippen LogP contribution in [0, 0.1) is 11.3 Å². The second-order valence-electron chi connectivity index (χ2n) is 7.48. The van der Waals surface area contributed by atoms with Crippen LogP contribution >= 0.6 is 0 Å². The van der Waals surface area contributed by atoms with Gasteiger partial charge in [-0.05, 0) is 30.6 Å². The third-order valence-electron chi connectivity index (χ3n) is 3.49. The van der Waals surface area contributed by atoms with E-state index in [0.717, 1.165) is 24.8 Å². The van der Waals surface area contributed by atoms with Crippen LogP contribution < -0.4 is 5.32 Å². The average molecular weight is 265 g/mol. The molecule has 2 heteroatoms. The van der Waals surface area contributed by atoms with Gasteiger partial charge in [-0.1, -0.05) is 60.0 Å². The molecule has 0 unspecified atom stereocenters. The Morgan fingerprint density at radius 1 is 1.21 bits per heavy atom. The summed E-state index contributed by atoms with van der Waals surface area (Å²) in [5, 5.41) is 3.24. The lowest BCUT2D eigenvalue weighted by Gasteiger charge is -2.26. The average Bonchev–Trinajstić information content (AvgIpc) is 2.27. The number of rotatable bonds is 4. The zero-order chi connectivity index (χ0) is 14.5. The SMILES string of the molecule is CC(C)/C=C(/CC(C)(C)C)C(=O)NC1CCCCC1. The summed E-state index contributed by atoms with van der Waals surface area (Å²) >= 11 is 0. The van der Waals surface area contributed by atoms with Crippen LogP contribution in [0.3, 0.4) is 0 Å². The highest BCUT2D eigenvalue weighted by Gasteiger charge is 2.22. The van der Waals surface area contributed by atoms with Gasteiger partial charge >= 0.3 is 0 Å². The summed E-state index contributed by atoms with van der Waals surface area (Å²) in [6.45, 7) is 10.8. The van der Waals surface area contributed by atoms with Gasteiger partial charge < -0.3 is 5.32 Å². The maximum Gasteiger partial charge on any atom is 0.247 e. The summed E-state index contributed by atoms with van der Waals surface area (Å²) < 4.78 is 0. The molecule has 0 radical (unpaired) electrons. The van der Waals surface area contributed by atoms with Gasteiger partial charge in [0.15, 0.2) is 0 Å². The molecule has 1 N–H and O–H groups in total. The Morgan fingerprint density at radius 2 is 1.79 bits per heavy atom. The van der Waals surface area contributed by atoms with Crippen molar-refractivity contribution >= 4 is 5.91 Å². The molecule has 0 heterocycles. The minimum atomic E-state index is 0.157. The fourth-order valence-electron chi connectivity index (χ4n) is 2.71. The van der Waals surface area contributed by atoms with Crippen LogP contribution in [0.2, 0.25) is 0 Å². The maximum absolute atomic E-state index is 12.4. The normalized spacial score (nSPS) is 18.7. The molecule has 0 spiro atoms. The Labute approximate surface area is 119 Å². The molecule has 0 aromatic heterocycles. The van der Waals surface area contributed by atoms with Crippen molar-refractivity contribution in [1.29, 1.82) is 0 Å². The second-order valence-corrected chi connectivity index (χ2v) is 7.48. The van der Waals surface area contributed by atoms with Crippen LogP contribution in [-0.4, -0.2) is 11.9 Å². The Kier molecular flexibility index (Phi) is 6.09. The molecule has 0 aromatic rings. The highest BCUT2D eigenvalue weighted by Crippen LogP contribution is 2.26. The molecule has 1 aliphatic rings. The van der Waals surface area contributed by atoms with Crippen molar-refractivity contribution in [3.63, 3.8) is 0 Å². The molecule has 0 saturated heterocycles. The fraction of sp³-hybridized carbons (Fsp3) is 0.824. The van der Waals surface area contributed by atoms with E-state index in [-0.39, 0.29) is 11.3 Å². The topological polar surface area (TPSA) is 29.1 Å². The van der Waals surface area contributed by atoms with E-state index in [4.69, 9.17) is 0 Å². The summed E-state index contributed by atoms with van der Waals surface area (Å²) in [7, 11) is 0. The summed E-state index contributed by atoms with van der Waals surface area (Å²) in [5.74, 6) is 0.588. The van der Waals surface area contributed by atoms with Crippen molar-refractivity contribution in [2.45, 2.75) is 79.2 Å². The molecule has 1 amide bonds. The van der Waals surface area contributed by atoms with Crippen molar-refractivity contribution < 1.29 is 4.79 Å². The zero-order valence-corrected chi connectivity index (χ0v) is 13.4. The molecule has 0 aromatic carbocycles. The molecule has 1 fully saturated rings. The van der Waals surface area contributed by atoms with Crippen LogP contribution in [0.4, 0.5) is 0 Å². The van der Waals surface area contributed by atoms with Crippen molar-refractivity contribution in [2.75, 3.05) is 0 Å². The fourth-order valence-corrected chi connectivity index (χ4v) is 2.71. The number of carbonyl (C=O) groups excluding carboxylic acids is 1. The molecular weight excluding hydrogens is 234 g/mol. The standard InChI is InChI=1S/C17H31NO/c1-13(2)11-14(12-17(3,4)5)16(19)18-15-9-7-6-8-10-15/h11,13,15H,6-10,12H2,1-5H3,(H,18,19)/b14-11-. The Balaban J connectivity index is 2.65. The number of hydrogen-bond acceptors (Lipinski definition) is 1. The first-order valence-electron chi connectivity index (χ1n) is 7.79. The van der Waals surface area contributed by atoms with Crippen molar-refractivity contribution in [3.8, 4) is 0 Å². The van der Waals surface area contributed by atoms with E-state index in [9.17, 15) is 4.79 Å². The van der Waals surface area contributed by atoms with E-state index in [1.807, 2.05) is 0 Å². The molecule has 110 valence electrons. The van der Waals surface area contributed by atoms with E-state index in [0.29, 0.717) is 12.0 Å². The summed E-state index contributed by atoms with van der Waals surface area (Å²) in [5.41, 5.74) is 1.12. The van der Waals surface area contributed by atoms with Crippen LogP contribution in [-0.2, 0) is 4.79 Å². The summed E-state index contributed by atoms with van der Waals surface area (Å²) in [6, 6.07) is 0.400. The Morgan fingerprint density at radius 3 is 2.26 bits per heavy atom. The van der Waals surface area contributed by atoms with Gasteiger partial charge in [-0.2, -0.15) is 0 Å². The Bertz CT molecular complexity index is 317. The Hall–Kier alpha value is -0.790. The molecular formula is C17H31NO. The predicted molar refractivity (Wildman–Crippen MR) is 82.0 cm³/mol. The van der Waals surface area contributed by atoms with Crippen molar-refractivity contribution in [3.05, 3.63) is 11.6 Å². The lowest BCUT2D eigenvalue weighted by Crippen LogP contribution is -2.37. The molecule has 19 heavy (non-hydrogen) atoms. The monoisotopic (exact) mass is 265 g/mol. The minimum absolute atomic E-state index is 0.157. The highest BCUT2D eigenvalue weighted by molar-refractivity contribution is 5.93. The molecule has 0 atom stereocenters. The first-order valence-corrected chi connectivity index (χ1v) is 7.79. The molecule has 0 aliphatic heterocycles. The van der Waals surface area contributed by atoms with Crippen molar-refractivity contribution in [2.24, 2.45) is 11.3 Å². The van der Waals surface area contributed by atoms with E-state index >= 15 is 0 Å². The van der Waals surface area contributed by atoms with Gasteiger partial charge in [0.1, 0.15) is 0 Å². The highest BCUT2D eigenvalue weighted by atomic mass is 16.1. The lowest BCUT2D eigenvalue weighted by atomic mass is 9.86. The summed E-state index contributed by atoms with van der Waals surface area (Å²) in [6.07, 6.45) is 9.11. The lowest BCUT2D eigenvalue weighted by molar-refractivity contribution is -0.118. The van der Waals surface area contributed by atoms with Gasteiger partial charge in [0.05, 0.1) is 0 Å². The molecule has 1 aliphatic carbocycles. The number of amides is 1. The van der Waals surface area contributed by atoms with Crippen LogP contribution in [0.15, 0.2) is 11.6 Å². The van der Waals surface area contributed by atoms with Crippen molar-refractivity contribution in [1.82, 2.24) is 5.32 Å². The zero-order valence-electron chi connectivity index (χ0n) is 13.4. The maximum atomic E-state index is 12.4. The first-order chi connectivity index (χ1) is 8.78. The third-order valence-corrected chi connectivity index (χ3v) is 3.49. The minimum Gasteiger partial charge on any atom is -0.350 e. The molecule has 0 bridgehead atoms. The van der Waals surface area contributed by atoms with Gasteiger partial charge in [0.2, 0.25) is 5.91 Å². The van der Waals surface area contributed by atoms with E-state index < -0.39 is 0 Å². The van der Waals surface area contributed by atoms with Gasteiger partial charge in [0.25, 0.3) is 0 Å². The second kappa shape index (κ2) is 7.12. The van der Waals surface area contributed by atoms with E-state index in [2.05, 4.69) is 46.0 Å². The first kappa shape index (κ1) is 16.3. The quantitative estimate of drug-likeness (QED) is 0.747. The molecule has 1 rings (SSSR count). The number of allylic oxidation sites excluding steroid dienone is 1. The van der Waals surface area contributed by atoms with Crippen LogP contribution in [0.25, 0.3) is 0 Å². The van der Waals surface area contributed by atoms with E-state index in [1.165, 1.54) is 19.3 Å². The number of carbonyl (C=O) groups is 1. The van der Waals surface area contributed by atoms with Gasteiger partial charge in [-0.3, -0.25) is 4.79 Å². The summed E-state index contributed by atoms with van der Waals surface area (Å²) in [4.78, 5) is 12.4. The smallest absolute Gasteiger partial charge is 0.247 e. The van der Waals surface area contributed by atoms with Gasteiger partial charge in [-0.15, -0.1) is 0 Å². The van der Waals surface area contributed by atoms with Gasteiger partial charge in [0, 0.05) is 11.6 Å². The third kappa shape index (κ3) is 6.79. The van der Waals surface area contributed by atoms with Crippen LogP contribution in [0.5, 0.6) is 0 Å². The number of hydrogen-bond donors (Lipinski definition) is 1. The largest absolute Gasteiger partial charge is 0.350 e. The molecule has 2 nitrogen and oxygen atoms in total. The molecule has 1 saturated carbocycles. The van der Waals surface area contributed by atoms with Gasteiger partial charge in [-0.25, -0.2) is 0 Å². The van der Waals surface area contributed by atoms with Crippen LogP contribution in [0.1, 0.15) is 73.1 Å². The predicted octanol–water partition coefficient (Wildman–Crippen LogP) is 4.45. The number of nitrogens with one attached hydrogen (secondary N) is 1.